The van der Waals surface area contributed by atoms with E-state index >= 15 is 0 Å². The molecule has 6 N–H and O–H groups in total. The minimum Gasteiger partial charge on any atom is -0.444 e. The standard InChI is InChI=1S/C16H25N5O4/c1-16(2,3)13-12(25-15(19)23)6-9(24-14(18)22)8-21(13)11-4-5-20-7-10(11)17/h4-5,7,9,12-13H,6,8,17H2,1-3H3,(H2,18,22)(H2,19,23)/t9-,12+,13?/m0/s1. The molecule has 1 aliphatic heterocycles. The largest absolute Gasteiger partial charge is 0.444 e. The van der Waals surface area contributed by atoms with Gasteiger partial charge in [-0.25, -0.2) is 9.59 Å². The number of anilines is 2. The zero-order chi connectivity index (χ0) is 18.8. The third kappa shape index (κ3) is 4.43. The van der Waals surface area contributed by atoms with Crippen molar-refractivity contribution in [3.8, 4) is 0 Å². The Hall–Kier alpha value is -2.71. The highest BCUT2D eigenvalue weighted by Crippen LogP contribution is 2.39. The number of nitrogens with zero attached hydrogens (tertiary/aromatic N) is 2. The van der Waals surface area contributed by atoms with Gasteiger partial charge in [0.1, 0.15) is 12.2 Å². The van der Waals surface area contributed by atoms with E-state index in [1.165, 1.54) is 6.20 Å². The molecule has 3 atom stereocenters. The molecular formula is C16H25N5O4. The first-order valence-electron chi connectivity index (χ1n) is 7.98. The highest BCUT2D eigenvalue weighted by molar-refractivity contribution is 5.69. The lowest BCUT2D eigenvalue weighted by Crippen LogP contribution is -2.61. The summed E-state index contributed by atoms with van der Waals surface area (Å²) < 4.78 is 10.5. The molecular weight excluding hydrogens is 326 g/mol. The van der Waals surface area contributed by atoms with Gasteiger partial charge in [-0.3, -0.25) is 4.98 Å². The molecule has 1 aromatic heterocycles. The van der Waals surface area contributed by atoms with Crippen molar-refractivity contribution in [3.05, 3.63) is 18.5 Å². The second-order valence-electron chi connectivity index (χ2n) is 7.17. The van der Waals surface area contributed by atoms with Crippen molar-refractivity contribution in [2.75, 3.05) is 17.2 Å². The van der Waals surface area contributed by atoms with Gasteiger partial charge in [0.15, 0.2) is 0 Å². The molecule has 0 aliphatic carbocycles. The summed E-state index contributed by atoms with van der Waals surface area (Å²) in [6.07, 6.45) is 0.526. The number of nitrogen functional groups attached to an aromatic ring is 1. The molecule has 2 heterocycles. The van der Waals surface area contributed by atoms with Gasteiger partial charge in [0, 0.05) is 12.6 Å². The molecule has 1 unspecified atom stereocenters. The average Bonchev–Trinajstić information content (AvgIpc) is 2.44. The summed E-state index contributed by atoms with van der Waals surface area (Å²) in [5.41, 5.74) is 17.4. The fourth-order valence-electron chi connectivity index (χ4n) is 3.44. The molecule has 2 rings (SSSR count). The topological polar surface area (TPSA) is 147 Å². The quantitative estimate of drug-likeness (QED) is 0.741. The summed E-state index contributed by atoms with van der Waals surface area (Å²) in [5, 5.41) is 0. The maximum atomic E-state index is 11.4. The van der Waals surface area contributed by atoms with Crippen LogP contribution in [0.4, 0.5) is 21.0 Å². The smallest absolute Gasteiger partial charge is 0.404 e. The summed E-state index contributed by atoms with van der Waals surface area (Å²) in [5.74, 6) is 0. The molecule has 0 saturated carbocycles. The second kappa shape index (κ2) is 7.04. The van der Waals surface area contributed by atoms with Crippen LogP contribution in [0.3, 0.4) is 0 Å². The monoisotopic (exact) mass is 351 g/mol. The third-order valence-electron chi connectivity index (χ3n) is 4.16. The minimum atomic E-state index is -0.889. The van der Waals surface area contributed by atoms with Crippen molar-refractivity contribution >= 4 is 23.6 Å². The number of nitrogens with two attached hydrogens (primary N) is 3. The van der Waals surface area contributed by atoms with E-state index in [-0.39, 0.29) is 11.5 Å². The maximum Gasteiger partial charge on any atom is 0.404 e. The van der Waals surface area contributed by atoms with Crippen LogP contribution in [0.1, 0.15) is 27.2 Å². The third-order valence-corrected chi connectivity index (χ3v) is 4.16. The van der Waals surface area contributed by atoms with Crippen LogP contribution in [0.5, 0.6) is 0 Å². The van der Waals surface area contributed by atoms with E-state index < -0.39 is 24.4 Å². The van der Waals surface area contributed by atoms with Crippen molar-refractivity contribution in [2.24, 2.45) is 16.9 Å². The molecule has 138 valence electrons. The van der Waals surface area contributed by atoms with E-state index in [0.29, 0.717) is 24.3 Å². The van der Waals surface area contributed by atoms with Crippen molar-refractivity contribution in [2.45, 2.75) is 45.4 Å². The second-order valence-corrected chi connectivity index (χ2v) is 7.17. The minimum absolute atomic E-state index is 0.238. The van der Waals surface area contributed by atoms with Crippen LogP contribution in [-0.2, 0) is 9.47 Å². The first-order chi connectivity index (χ1) is 11.6. The Balaban J connectivity index is 2.46. The average molecular weight is 351 g/mol. The number of rotatable bonds is 3. The molecule has 1 aromatic rings. The highest BCUT2D eigenvalue weighted by atomic mass is 16.6. The zero-order valence-corrected chi connectivity index (χ0v) is 14.6. The zero-order valence-electron chi connectivity index (χ0n) is 14.6. The van der Waals surface area contributed by atoms with Crippen molar-refractivity contribution in [3.63, 3.8) is 0 Å². The van der Waals surface area contributed by atoms with Crippen LogP contribution in [0.2, 0.25) is 0 Å². The van der Waals surface area contributed by atoms with E-state index in [1.807, 2.05) is 25.7 Å². The Kier molecular flexibility index (Phi) is 5.24. The number of pyridine rings is 1. The van der Waals surface area contributed by atoms with Gasteiger partial charge in [0.25, 0.3) is 0 Å². The summed E-state index contributed by atoms with van der Waals surface area (Å²) >= 11 is 0. The normalized spacial score (nSPS) is 23.8. The Labute approximate surface area is 146 Å². The molecule has 1 saturated heterocycles. The van der Waals surface area contributed by atoms with Gasteiger partial charge in [-0.15, -0.1) is 0 Å². The van der Waals surface area contributed by atoms with Crippen LogP contribution in [0.25, 0.3) is 0 Å². The number of ether oxygens (including phenoxy) is 2. The number of hydrogen-bond donors (Lipinski definition) is 3. The van der Waals surface area contributed by atoms with E-state index in [1.54, 1.807) is 12.3 Å². The van der Waals surface area contributed by atoms with Crippen LogP contribution in [-0.4, -0.2) is 42.0 Å². The van der Waals surface area contributed by atoms with Gasteiger partial charge < -0.3 is 31.6 Å². The summed E-state index contributed by atoms with van der Waals surface area (Å²) in [6.45, 7) is 6.43. The summed E-state index contributed by atoms with van der Waals surface area (Å²) in [6, 6.07) is 1.53. The lowest BCUT2D eigenvalue weighted by atomic mass is 9.78. The van der Waals surface area contributed by atoms with Crippen LogP contribution in [0.15, 0.2) is 18.5 Å². The van der Waals surface area contributed by atoms with Gasteiger partial charge in [0.2, 0.25) is 0 Å². The first-order valence-corrected chi connectivity index (χ1v) is 7.98. The van der Waals surface area contributed by atoms with Crippen LogP contribution in [0, 0.1) is 5.41 Å². The number of primary amides is 2. The molecule has 1 fully saturated rings. The number of carbonyl (C=O) groups excluding carboxylic acids is 2. The molecule has 0 bridgehead atoms. The predicted molar refractivity (Wildman–Crippen MR) is 92.8 cm³/mol. The first kappa shape index (κ1) is 18.6. The van der Waals surface area contributed by atoms with Gasteiger partial charge in [0.05, 0.1) is 30.2 Å². The summed E-state index contributed by atoms with van der Waals surface area (Å²) in [7, 11) is 0. The van der Waals surface area contributed by atoms with E-state index in [2.05, 4.69) is 4.98 Å². The molecule has 25 heavy (non-hydrogen) atoms. The van der Waals surface area contributed by atoms with Gasteiger partial charge >= 0.3 is 12.2 Å². The Bertz CT molecular complexity index is 646. The molecule has 0 radical (unpaired) electrons. The fraction of sp³-hybridized carbons (Fsp3) is 0.562. The number of piperidine rings is 1. The summed E-state index contributed by atoms with van der Waals surface area (Å²) in [4.78, 5) is 28.6. The number of aromatic nitrogens is 1. The Morgan fingerprint density at radius 2 is 1.88 bits per heavy atom. The lowest BCUT2D eigenvalue weighted by Gasteiger charge is -2.50. The molecule has 0 spiro atoms. The molecule has 9 nitrogen and oxygen atoms in total. The van der Waals surface area contributed by atoms with Gasteiger partial charge in [-0.05, 0) is 11.5 Å². The van der Waals surface area contributed by atoms with Gasteiger partial charge in [-0.2, -0.15) is 0 Å². The Morgan fingerprint density at radius 3 is 2.40 bits per heavy atom. The molecule has 0 aromatic carbocycles. The van der Waals surface area contributed by atoms with Crippen LogP contribution < -0.4 is 22.1 Å². The molecule has 9 heteroatoms. The van der Waals surface area contributed by atoms with E-state index in [0.717, 1.165) is 0 Å². The van der Waals surface area contributed by atoms with E-state index in [4.69, 9.17) is 26.7 Å². The Morgan fingerprint density at radius 1 is 1.24 bits per heavy atom. The highest BCUT2D eigenvalue weighted by Gasteiger charge is 2.46. The lowest BCUT2D eigenvalue weighted by molar-refractivity contribution is -0.00672. The molecule has 1 aliphatic rings. The molecule has 2 amide bonds. The van der Waals surface area contributed by atoms with Gasteiger partial charge in [-0.1, -0.05) is 20.8 Å². The maximum absolute atomic E-state index is 11.4. The van der Waals surface area contributed by atoms with Crippen molar-refractivity contribution in [1.29, 1.82) is 0 Å². The predicted octanol–water partition coefficient (Wildman–Crippen LogP) is 1.22. The number of amides is 2. The fourth-order valence-corrected chi connectivity index (χ4v) is 3.44. The van der Waals surface area contributed by atoms with Crippen molar-refractivity contribution in [1.82, 2.24) is 4.98 Å². The number of hydrogen-bond acceptors (Lipinski definition) is 7. The number of carbonyl (C=O) groups is 2. The van der Waals surface area contributed by atoms with E-state index in [9.17, 15) is 9.59 Å². The van der Waals surface area contributed by atoms with Crippen molar-refractivity contribution < 1.29 is 19.1 Å². The SMILES string of the molecule is CC(C)(C)C1[C@H](OC(N)=O)C[C@H](OC(N)=O)CN1c1ccncc1N. The van der Waals surface area contributed by atoms with Crippen LogP contribution >= 0.6 is 0 Å².